The van der Waals surface area contributed by atoms with Gasteiger partial charge in [0.25, 0.3) is 0 Å². The van der Waals surface area contributed by atoms with Crippen LogP contribution in [-0.2, 0) is 0 Å². The van der Waals surface area contributed by atoms with E-state index >= 15 is 0 Å². The van der Waals surface area contributed by atoms with E-state index in [9.17, 15) is 0 Å². The van der Waals surface area contributed by atoms with Crippen molar-refractivity contribution in [1.82, 2.24) is 0 Å². The predicted octanol–water partition coefficient (Wildman–Crippen LogP) is 3.62. The molecule has 21 heavy (non-hydrogen) atoms. The van der Waals surface area contributed by atoms with Gasteiger partial charge in [-0.2, -0.15) is 0 Å². The highest BCUT2D eigenvalue weighted by atomic mass is 127. The number of nitrogens with zero attached hydrogens (tertiary/aromatic N) is 1. The molecule has 1 aromatic rings. The van der Waals surface area contributed by atoms with Crippen LogP contribution in [0.3, 0.4) is 0 Å². The molecule has 2 aliphatic rings. The topological polar surface area (TPSA) is 59.6 Å². The Morgan fingerprint density at radius 1 is 1.33 bits per heavy atom. The number of guanidine groups is 1. The van der Waals surface area contributed by atoms with E-state index in [0.29, 0.717) is 11.4 Å². The summed E-state index contributed by atoms with van der Waals surface area (Å²) in [7, 11) is 1.66. The number of hydrogen-bond donors (Lipinski definition) is 2. The number of aliphatic imine (C=N–C) groups is 1. The molecule has 3 N–H and O–H groups in total. The zero-order valence-electron chi connectivity index (χ0n) is 12.5. The number of ether oxygens (including phenoxy) is 1. The van der Waals surface area contributed by atoms with Gasteiger partial charge in [-0.25, -0.2) is 0 Å². The summed E-state index contributed by atoms with van der Waals surface area (Å²) in [5, 5.41) is 3.14. The Labute approximate surface area is 143 Å². The van der Waals surface area contributed by atoms with E-state index in [4.69, 9.17) is 10.5 Å². The van der Waals surface area contributed by atoms with Crippen LogP contribution in [0.1, 0.15) is 32.1 Å². The monoisotopic (exact) mass is 401 g/mol. The van der Waals surface area contributed by atoms with Crippen molar-refractivity contribution >= 4 is 35.6 Å². The molecule has 3 rings (SSSR count). The van der Waals surface area contributed by atoms with Crippen molar-refractivity contribution in [1.29, 1.82) is 0 Å². The maximum absolute atomic E-state index is 5.99. The number of fused-ring (bicyclic) bond motifs is 2. The SMILES string of the molecule is COc1ccc(NC(N)=NCC23CCC(CC2)C3)cc1.I. The van der Waals surface area contributed by atoms with Crippen molar-refractivity contribution in [3.63, 3.8) is 0 Å². The summed E-state index contributed by atoms with van der Waals surface area (Å²) in [6.45, 7) is 0.874. The van der Waals surface area contributed by atoms with Gasteiger partial charge in [0.2, 0.25) is 0 Å². The van der Waals surface area contributed by atoms with E-state index in [1.165, 1.54) is 32.1 Å². The van der Waals surface area contributed by atoms with Crippen LogP contribution in [0, 0.1) is 11.3 Å². The second-order valence-corrected chi connectivity index (χ2v) is 6.20. The standard InChI is InChI=1S/C16H23N3O.HI/c1-20-14-4-2-13(3-5-14)19-15(17)18-11-16-8-6-12(10-16)7-9-16;/h2-5,12H,6-11H2,1H3,(H3,17,18,19);1H. The van der Waals surface area contributed by atoms with Gasteiger partial charge in [-0.1, -0.05) is 0 Å². The molecule has 0 saturated heterocycles. The smallest absolute Gasteiger partial charge is 0.193 e. The lowest BCUT2D eigenvalue weighted by molar-refractivity contribution is 0.307. The molecule has 4 nitrogen and oxygen atoms in total. The van der Waals surface area contributed by atoms with Crippen molar-refractivity contribution in [2.75, 3.05) is 19.0 Å². The number of nitrogens with two attached hydrogens (primary N) is 1. The predicted molar refractivity (Wildman–Crippen MR) is 97.5 cm³/mol. The van der Waals surface area contributed by atoms with Crippen molar-refractivity contribution in [3.05, 3.63) is 24.3 Å². The highest BCUT2D eigenvalue weighted by Crippen LogP contribution is 2.54. The lowest BCUT2D eigenvalue weighted by atomic mass is 9.84. The Morgan fingerprint density at radius 2 is 2.00 bits per heavy atom. The van der Waals surface area contributed by atoms with Crippen LogP contribution < -0.4 is 15.8 Å². The van der Waals surface area contributed by atoms with Gasteiger partial charge < -0.3 is 15.8 Å². The van der Waals surface area contributed by atoms with Crippen LogP contribution in [0.2, 0.25) is 0 Å². The molecule has 0 atom stereocenters. The third kappa shape index (κ3) is 3.81. The van der Waals surface area contributed by atoms with E-state index in [1.54, 1.807) is 7.11 Å². The molecule has 2 bridgehead atoms. The molecule has 2 fully saturated rings. The van der Waals surface area contributed by atoms with Crippen LogP contribution >= 0.6 is 24.0 Å². The van der Waals surface area contributed by atoms with Gasteiger partial charge in [-0.15, -0.1) is 24.0 Å². The van der Waals surface area contributed by atoms with Gasteiger partial charge in [-0.3, -0.25) is 4.99 Å². The molecule has 0 radical (unpaired) electrons. The van der Waals surface area contributed by atoms with Crippen molar-refractivity contribution < 1.29 is 4.74 Å². The van der Waals surface area contributed by atoms with E-state index in [-0.39, 0.29) is 24.0 Å². The minimum absolute atomic E-state index is 0. The summed E-state index contributed by atoms with van der Waals surface area (Å²) in [6.07, 6.45) is 6.79. The fourth-order valence-corrected chi connectivity index (χ4v) is 3.65. The van der Waals surface area contributed by atoms with Crippen LogP contribution in [0.5, 0.6) is 5.75 Å². The largest absolute Gasteiger partial charge is 0.497 e. The Kier molecular flexibility index (Phi) is 5.35. The first-order valence-electron chi connectivity index (χ1n) is 7.40. The van der Waals surface area contributed by atoms with E-state index in [2.05, 4.69) is 10.3 Å². The Hall–Kier alpha value is -0.980. The zero-order valence-corrected chi connectivity index (χ0v) is 14.8. The number of anilines is 1. The third-order valence-electron chi connectivity index (χ3n) is 4.83. The second kappa shape index (κ2) is 6.85. The minimum atomic E-state index is 0. The lowest BCUT2D eigenvalue weighted by Crippen LogP contribution is -2.26. The average molecular weight is 401 g/mol. The highest BCUT2D eigenvalue weighted by Gasteiger charge is 2.44. The number of hydrogen-bond acceptors (Lipinski definition) is 2. The summed E-state index contributed by atoms with van der Waals surface area (Å²) >= 11 is 0. The number of rotatable bonds is 4. The number of halogens is 1. The minimum Gasteiger partial charge on any atom is -0.497 e. The molecule has 0 aliphatic heterocycles. The number of nitrogens with one attached hydrogen (secondary N) is 1. The maximum Gasteiger partial charge on any atom is 0.193 e. The second-order valence-electron chi connectivity index (χ2n) is 6.20. The molecule has 0 heterocycles. The van der Waals surface area contributed by atoms with Gasteiger partial charge in [0, 0.05) is 12.2 Å². The molecule has 2 saturated carbocycles. The maximum atomic E-state index is 5.99. The summed E-state index contributed by atoms with van der Waals surface area (Å²) in [4.78, 5) is 4.57. The van der Waals surface area contributed by atoms with Crippen LogP contribution in [0.4, 0.5) is 5.69 Å². The first-order valence-corrected chi connectivity index (χ1v) is 7.40. The number of methoxy groups -OCH3 is 1. The van der Waals surface area contributed by atoms with Gasteiger partial charge >= 0.3 is 0 Å². The molecule has 1 aromatic carbocycles. The summed E-state index contributed by atoms with van der Waals surface area (Å²) in [6, 6.07) is 7.71. The van der Waals surface area contributed by atoms with Gasteiger partial charge in [0.05, 0.1) is 7.11 Å². The van der Waals surface area contributed by atoms with Crippen molar-refractivity contribution in [2.45, 2.75) is 32.1 Å². The van der Waals surface area contributed by atoms with Crippen LogP contribution in [-0.4, -0.2) is 19.6 Å². The molecule has 5 heteroatoms. The zero-order chi connectivity index (χ0) is 14.0. The van der Waals surface area contributed by atoms with Crippen LogP contribution in [0.15, 0.2) is 29.3 Å². The molecule has 0 unspecified atom stereocenters. The van der Waals surface area contributed by atoms with E-state index in [1.807, 2.05) is 24.3 Å². The Bertz CT molecular complexity index is 493. The third-order valence-corrected chi connectivity index (χ3v) is 4.83. The first kappa shape index (κ1) is 16.4. The first-order chi connectivity index (χ1) is 9.69. The average Bonchev–Trinajstić information content (AvgIpc) is 3.07. The van der Waals surface area contributed by atoms with E-state index < -0.39 is 0 Å². The van der Waals surface area contributed by atoms with E-state index in [0.717, 1.165) is 23.9 Å². The lowest BCUT2D eigenvalue weighted by Gasteiger charge is -2.24. The van der Waals surface area contributed by atoms with Crippen molar-refractivity contribution in [2.24, 2.45) is 22.1 Å². The summed E-state index contributed by atoms with van der Waals surface area (Å²) < 4.78 is 5.13. The van der Waals surface area contributed by atoms with Gasteiger partial charge in [0.1, 0.15) is 5.75 Å². The normalized spacial score (nSPS) is 27.3. The molecule has 2 aliphatic carbocycles. The quantitative estimate of drug-likeness (QED) is 0.460. The number of benzene rings is 1. The molecular weight excluding hydrogens is 377 g/mol. The van der Waals surface area contributed by atoms with Crippen LogP contribution in [0.25, 0.3) is 0 Å². The highest BCUT2D eigenvalue weighted by molar-refractivity contribution is 14.0. The summed E-state index contributed by atoms with van der Waals surface area (Å²) in [5.74, 6) is 2.31. The van der Waals surface area contributed by atoms with Crippen molar-refractivity contribution in [3.8, 4) is 5.75 Å². The van der Waals surface area contributed by atoms with Gasteiger partial charge in [0.15, 0.2) is 5.96 Å². The summed E-state index contributed by atoms with van der Waals surface area (Å²) in [5.41, 5.74) is 7.39. The molecular formula is C16H24IN3O. The fourth-order valence-electron chi connectivity index (χ4n) is 3.65. The molecule has 0 amide bonds. The van der Waals surface area contributed by atoms with Gasteiger partial charge in [-0.05, 0) is 67.7 Å². The molecule has 116 valence electrons. The Morgan fingerprint density at radius 3 is 2.52 bits per heavy atom. The Balaban J connectivity index is 0.00000161. The molecule has 0 aromatic heterocycles. The fraction of sp³-hybridized carbons (Fsp3) is 0.562. The molecule has 0 spiro atoms.